The summed E-state index contributed by atoms with van der Waals surface area (Å²) in [6.45, 7) is 7.49. The molecule has 1 aliphatic carbocycles. The van der Waals surface area contributed by atoms with Gasteiger partial charge in [0, 0.05) is 10.6 Å². The Morgan fingerprint density at radius 1 is 1.29 bits per heavy atom. The molecular formula is C24H28N2O3S2. The first-order chi connectivity index (χ1) is 15.0. The highest BCUT2D eigenvalue weighted by atomic mass is 32.2. The third-order valence-corrected chi connectivity index (χ3v) is 8.49. The highest BCUT2D eigenvalue weighted by Gasteiger charge is 2.26. The van der Waals surface area contributed by atoms with E-state index in [1.165, 1.54) is 10.4 Å². The summed E-state index contributed by atoms with van der Waals surface area (Å²) in [5.74, 6) is 1.43. The van der Waals surface area contributed by atoms with Crippen molar-refractivity contribution < 1.29 is 9.47 Å². The number of rotatable bonds is 4. The van der Waals surface area contributed by atoms with Gasteiger partial charge in [0.05, 0.1) is 23.8 Å². The molecule has 0 spiro atoms. The van der Waals surface area contributed by atoms with Crippen LogP contribution in [-0.2, 0) is 22.3 Å². The van der Waals surface area contributed by atoms with Gasteiger partial charge >= 0.3 is 0 Å². The van der Waals surface area contributed by atoms with E-state index in [1.807, 2.05) is 4.57 Å². The Hall–Kier alpha value is -1.67. The molecule has 3 aromatic rings. The number of hydrogen-bond acceptors (Lipinski definition) is 6. The molecule has 0 amide bonds. The molecule has 1 fully saturated rings. The average molecular weight is 457 g/mol. The molecular weight excluding hydrogens is 428 g/mol. The Labute approximate surface area is 190 Å². The van der Waals surface area contributed by atoms with Crippen molar-refractivity contribution in [3.63, 3.8) is 0 Å². The lowest BCUT2D eigenvalue weighted by atomic mass is 9.89. The van der Waals surface area contributed by atoms with Gasteiger partial charge in [0.2, 0.25) is 0 Å². The van der Waals surface area contributed by atoms with E-state index in [0.717, 1.165) is 70.2 Å². The van der Waals surface area contributed by atoms with Gasteiger partial charge < -0.3 is 9.47 Å². The molecule has 7 heteroatoms. The SMILES string of the molecule is Cc1ccc(C)c(-n2c(SC[C@@H]3CCOCO3)nc3sc4c(c3c2=O)CC[C@H](C)C4)c1. The highest BCUT2D eigenvalue weighted by molar-refractivity contribution is 7.99. The zero-order chi connectivity index (χ0) is 21.5. The summed E-state index contributed by atoms with van der Waals surface area (Å²) in [7, 11) is 0. The van der Waals surface area contributed by atoms with Gasteiger partial charge in [-0.1, -0.05) is 30.8 Å². The van der Waals surface area contributed by atoms with Crippen molar-refractivity contribution >= 4 is 33.3 Å². The lowest BCUT2D eigenvalue weighted by Crippen LogP contribution is -2.27. The first-order valence-electron chi connectivity index (χ1n) is 11.0. The van der Waals surface area contributed by atoms with Crippen molar-refractivity contribution in [3.8, 4) is 5.69 Å². The maximum atomic E-state index is 13.9. The van der Waals surface area contributed by atoms with Crippen LogP contribution >= 0.6 is 23.1 Å². The first-order valence-corrected chi connectivity index (χ1v) is 12.8. The summed E-state index contributed by atoms with van der Waals surface area (Å²) >= 11 is 3.33. The smallest absolute Gasteiger partial charge is 0.267 e. The average Bonchev–Trinajstić information content (AvgIpc) is 3.12. The zero-order valence-electron chi connectivity index (χ0n) is 18.3. The molecule has 0 bridgehead atoms. The molecule has 0 N–H and O–H groups in total. The number of thiophene rings is 1. The van der Waals surface area contributed by atoms with Crippen LogP contribution in [0.3, 0.4) is 0 Å². The minimum Gasteiger partial charge on any atom is -0.355 e. The van der Waals surface area contributed by atoms with Gasteiger partial charge in [-0.2, -0.15) is 0 Å². The van der Waals surface area contributed by atoms with Crippen LogP contribution in [0.4, 0.5) is 0 Å². The molecule has 1 aliphatic heterocycles. The van der Waals surface area contributed by atoms with E-state index in [9.17, 15) is 4.79 Å². The van der Waals surface area contributed by atoms with E-state index < -0.39 is 0 Å². The van der Waals surface area contributed by atoms with Gasteiger partial charge in [-0.05, 0) is 68.2 Å². The van der Waals surface area contributed by atoms with Gasteiger partial charge in [-0.25, -0.2) is 4.98 Å². The van der Waals surface area contributed by atoms with Gasteiger partial charge in [-0.3, -0.25) is 9.36 Å². The van der Waals surface area contributed by atoms with Crippen LogP contribution in [0, 0.1) is 19.8 Å². The van der Waals surface area contributed by atoms with Crippen molar-refractivity contribution in [2.45, 2.75) is 57.7 Å². The number of aromatic nitrogens is 2. The number of nitrogens with zero attached hydrogens (tertiary/aromatic N) is 2. The van der Waals surface area contributed by atoms with Crippen LogP contribution in [0.5, 0.6) is 0 Å². The van der Waals surface area contributed by atoms with E-state index in [4.69, 9.17) is 14.5 Å². The monoisotopic (exact) mass is 456 g/mol. The third kappa shape index (κ3) is 4.09. The number of hydrogen-bond donors (Lipinski definition) is 0. The summed E-state index contributed by atoms with van der Waals surface area (Å²) in [6, 6.07) is 6.27. The van der Waals surface area contributed by atoms with Crippen LogP contribution < -0.4 is 5.56 Å². The number of ether oxygens (including phenoxy) is 2. The van der Waals surface area contributed by atoms with E-state index >= 15 is 0 Å². The Morgan fingerprint density at radius 2 is 2.16 bits per heavy atom. The number of fused-ring (bicyclic) bond motifs is 3. The highest BCUT2D eigenvalue weighted by Crippen LogP contribution is 2.37. The number of thioether (sulfide) groups is 1. The molecule has 1 saturated heterocycles. The Bertz CT molecular complexity index is 1180. The minimum absolute atomic E-state index is 0.0705. The summed E-state index contributed by atoms with van der Waals surface area (Å²) in [5.41, 5.74) is 4.45. The standard InChI is InChI=1S/C24H28N2O3S2/c1-14-4-6-16(3)19(10-14)26-23(27)21-18-7-5-15(2)11-20(18)31-22(21)25-24(26)30-12-17-8-9-28-13-29-17/h4,6,10,15,17H,5,7-9,11-13H2,1-3H3/t15-,17-/m0/s1. The molecule has 3 heterocycles. The van der Waals surface area contributed by atoms with Gasteiger partial charge in [0.15, 0.2) is 5.16 Å². The molecule has 5 rings (SSSR count). The Morgan fingerprint density at radius 3 is 2.97 bits per heavy atom. The third-order valence-electron chi connectivity index (χ3n) is 6.27. The van der Waals surface area contributed by atoms with Crippen LogP contribution in [0.1, 0.15) is 41.3 Å². The second-order valence-electron chi connectivity index (χ2n) is 8.77. The molecule has 2 aliphatic rings. The fraction of sp³-hybridized carbons (Fsp3) is 0.500. The van der Waals surface area contributed by atoms with E-state index in [0.29, 0.717) is 12.7 Å². The molecule has 164 valence electrons. The quantitative estimate of drug-likeness (QED) is 0.406. The molecule has 31 heavy (non-hydrogen) atoms. The summed E-state index contributed by atoms with van der Waals surface area (Å²) in [5, 5.41) is 1.59. The van der Waals surface area contributed by atoms with Crippen LogP contribution in [0.15, 0.2) is 28.2 Å². The van der Waals surface area contributed by atoms with Crippen LogP contribution in [0.2, 0.25) is 0 Å². The van der Waals surface area contributed by atoms with Crippen molar-refractivity contribution in [2.75, 3.05) is 19.2 Å². The Balaban J connectivity index is 1.66. The molecule has 0 saturated carbocycles. The lowest BCUT2D eigenvalue weighted by Gasteiger charge is -2.23. The molecule has 5 nitrogen and oxygen atoms in total. The second kappa shape index (κ2) is 8.70. The van der Waals surface area contributed by atoms with E-state index in [1.54, 1.807) is 23.1 Å². The number of benzene rings is 1. The van der Waals surface area contributed by atoms with Crippen LogP contribution in [0.25, 0.3) is 15.9 Å². The fourth-order valence-corrected chi connectivity index (χ4v) is 6.94. The van der Waals surface area contributed by atoms with E-state index in [2.05, 4.69) is 39.0 Å². The molecule has 2 aromatic heterocycles. The molecule has 1 aromatic carbocycles. The van der Waals surface area contributed by atoms with Gasteiger partial charge in [0.25, 0.3) is 5.56 Å². The van der Waals surface area contributed by atoms with Crippen molar-refractivity contribution in [1.29, 1.82) is 0 Å². The molecule has 2 atom stereocenters. The number of aryl methyl sites for hydroxylation is 3. The second-order valence-corrected chi connectivity index (χ2v) is 10.8. The van der Waals surface area contributed by atoms with Crippen molar-refractivity contribution in [3.05, 3.63) is 50.1 Å². The normalized spacial score (nSPS) is 21.4. The topological polar surface area (TPSA) is 53.4 Å². The Kier molecular flexibility index (Phi) is 5.94. The molecule has 0 unspecified atom stereocenters. The lowest BCUT2D eigenvalue weighted by molar-refractivity contribution is -0.130. The largest absolute Gasteiger partial charge is 0.355 e. The minimum atomic E-state index is 0.0705. The maximum Gasteiger partial charge on any atom is 0.267 e. The first kappa shape index (κ1) is 21.2. The maximum absolute atomic E-state index is 13.9. The summed E-state index contributed by atoms with van der Waals surface area (Å²) in [4.78, 5) is 21.2. The van der Waals surface area contributed by atoms with Crippen molar-refractivity contribution in [1.82, 2.24) is 9.55 Å². The predicted molar refractivity (Wildman–Crippen MR) is 127 cm³/mol. The summed E-state index contributed by atoms with van der Waals surface area (Å²) in [6.07, 6.45) is 4.16. The van der Waals surface area contributed by atoms with Crippen LogP contribution in [-0.4, -0.2) is 34.8 Å². The zero-order valence-corrected chi connectivity index (χ0v) is 19.9. The van der Waals surface area contributed by atoms with Gasteiger partial charge in [0.1, 0.15) is 11.6 Å². The molecule has 0 radical (unpaired) electrons. The fourth-order valence-electron chi connectivity index (χ4n) is 4.44. The predicted octanol–water partition coefficient (Wildman–Crippen LogP) is 5.04. The van der Waals surface area contributed by atoms with Gasteiger partial charge in [-0.15, -0.1) is 11.3 Å². The summed E-state index contributed by atoms with van der Waals surface area (Å²) < 4.78 is 12.9. The van der Waals surface area contributed by atoms with E-state index in [-0.39, 0.29) is 11.7 Å². The van der Waals surface area contributed by atoms with Crippen molar-refractivity contribution in [2.24, 2.45) is 5.92 Å².